The summed E-state index contributed by atoms with van der Waals surface area (Å²) in [4.78, 5) is 41.8. The Bertz CT molecular complexity index is 2230. The molecule has 0 radical (unpaired) electrons. The fraction of sp³-hybridized carbons (Fsp3) is 0.519. The van der Waals surface area contributed by atoms with Crippen LogP contribution < -0.4 is 17.0 Å². The number of nitrogen functional groups attached to an aromatic ring is 2. The number of anilines is 2. The van der Waals surface area contributed by atoms with Crippen LogP contribution in [0.1, 0.15) is 134 Å². The van der Waals surface area contributed by atoms with Gasteiger partial charge in [0.15, 0.2) is 0 Å². The van der Waals surface area contributed by atoms with Crippen molar-refractivity contribution < 1.29 is 23.9 Å². The van der Waals surface area contributed by atoms with Gasteiger partial charge in [-0.1, -0.05) is 96.1 Å². The fourth-order valence-electron chi connectivity index (χ4n) is 7.59. The molecule has 2 amide bonds. The lowest BCUT2D eigenvalue weighted by molar-refractivity contribution is -0.121. The van der Waals surface area contributed by atoms with Gasteiger partial charge in [0, 0.05) is 37.2 Å². The number of amides is 2. The van der Waals surface area contributed by atoms with Gasteiger partial charge in [-0.25, -0.2) is 20.8 Å². The number of hydrazine groups is 1. The van der Waals surface area contributed by atoms with Gasteiger partial charge in [-0.2, -0.15) is 5.10 Å². The van der Waals surface area contributed by atoms with Crippen LogP contribution in [0, 0.1) is 6.57 Å². The van der Waals surface area contributed by atoms with E-state index in [9.17, 15) is 14.4 Å². The molecule has 0 saturated carbocycles. The molecule has 1 unspecified atom stereocenters. The Kier molecular flexibility index (Phi) is 23.4. The largest absolute Gasteiger partial charge is 0.444 e. The Morgan fingerprint density at radius 3 is 1.58 bits per heavy atom. The molecule has 4 aromatic rings. The second-order valence-corrected chi connectivity index (χ2v) is 19.0. The zero-order valence-electron chi connectivity index (χ0n) is 42.0. The van der Waals surface area contributed by atoms with E-state index in [2.05, 4.69) is 122 Å². The van der Waals surface area contributed by atoms with E-state index in [0.717, 1.165) is 77.9 Å². The van der Waals surface area contributed by atoms with Gasteiger partial charge in [0.2, 0.25) is 5.78 Å². The van der Waals surface area contributed by atoms with Crippen LogP contribution in [0.25, 0.3) is 10.5 Å². The minimum absolute atomic E-state index is 0. The number of halogens is 2. The molecule has 2 aliphatic heterocycles. The molecule has 0 bridgehead atoms. The summed E-state index contributed by atoms with van der Waals surface area (Å²) in [6.45, 7) is 32.4. The number of nitrogens with two attached hydrogens (primary N) is 2. The summed E-state index contributed by atoms with van der Waals surface area (Å²) >= 11 is 3.76. The number of carbonyl (C=O) groups excluding carboxylic acids is 3. The lowest BCUT2D eigenvalue weighted by Gasteiger charge is -2.29. The van der Waals surface area contributed by atoms with Gasteiger partial charge in [-0.15, -0.1) is 12.4 Å². The highest BCUT2D eigenvalue weighted by atomic mass is 79.9. The highest BCUT2D eigenvalue weighted by Gasteiger charge is 2.36. The lowest BCUT2D eigenvalue weighted by Crippen LogP contribution is -2.47. The van der Waals surface area contributed by atoms with Crippen LogP contribution in [0.2, 0.25) is 0 Å². The van der Waals surface area contributed by atoms with Crippen molar-refractivity contribution in [1.82, 2.24) is 19.6 Å². The minimum Gasteiger partial charge on any atom is -0.444 e. The Balaban J connectivity index is 0.000000329. The van der Waals surface area contributed by atoms with E-state index in [0.29, 0.717) is 19.6 Å². The monoisotopic (exact) mass is 1010 g/mol. The number of nitrogens with one attached hydrogen (secondary N) is 1. The van der Waals surface area contributed by atoms with Gasteiger partial charge < -0.3 is 30.4 Å². The first-order valence-corrected chi connectivity index (χ1v) is 24.2. The van der Waals surface area contributed by atoms with E-state index in [-0.39, 0.29) is 37.2 Å². The highest BCUT2D eigenvalue weighted by Crippen LogP contribution is 2.32. The molecular weight excluding hydrogens is 932 g/mol. The SMILES string of the molecule is CCc1cccc(CC)c1-n1nc2c(c1Br)CN(C(=O)OC(C)(C)C)CC2.CCc1cccc(CC)c1N.CCc1cccc(CC)c1NN.Cl.[C-]#[N+]C1CN(C(=O)OC(C)(C)C)CCC1=O. The number of aryl methyl sites for hydroxylation is 6. The van der Waals surface area contributed by atoms with E-state index in [1.807, 2.05) is 25.5 Å². The smallest absolute Gasteiger partial charge is 0.410 e. The number of ketones is 1. The predicted molar refractivity (Wildman–Crippen MR) is 278 cm³/mol. The molecule has 2 aliphatic rings. The summed E-state index contributed by atoms with van der Waals surface area (Å²) in [5, 5.41) is 4.90. The average molecular weight is 1010 g/mol. The number of Topliss-reactive ketones (excluding diaryl/α,β-unsaturated/α-hetero) is 1. The zero-order chi connectivity index (χ0) is 49.4. The molecule has 1 aromatic heterocycles. The normalized spacial score (nSPS) is 14.3. The number of carbonyl (C=O) groups is 3. The molecule has 67 heavy (non-hydrogen) atoms. The number of piperidine rings is 1. The number of fused-ring (bicyclic) bond motifs is 1. The lowest BCUT2D eigenvalue weighted by atomic mass is 10.0. The quantitative estimate of drug-likeness (QED) is 0.0675. The van der Waals surface area contributed by atoms with Crippen molar-refractivity contribution in [2.45, 2.75) is 158 Å². The van der Waals surface area contributed by atoms with E-state index in [1.54, 1.807) is 25.7 Å². The van der Waals surface area contributed by atoms with Crippen molar-refractivity contribution in [3.8, 4) is 5.69 Å². The Morgan fingerprint density at radius 1 is 0.746 bits per heavy atom. The maximum atomic E-state index is 12.5. The number of benzene rings is 3. The molecule has 15 heteroatoms. The molecule has 1 atom stereocenters. The maximum absolute atomic E-state index is 12.5. The molecule has 13 nitrogen and oxygen atoms in total. The molecule has 368 valence electrons. The number of para-hydroxylation sites is 3. The second kappa shape index (κ2) is 27.0. The highest BCUT2D eigenvalue weighted by molar-refractivity contribution is 9.10. The van der Waals surface area contributed by atoms with Crippen molar-refractivity contribution in [1.29, 1.82) is 0 Å². The fourth-order valence-corrected chi connectivity index (χ4v) is 8.20. The first-order chi connectivity index (χ1) is 31.2. The maximum Gasteiger partial charge on any atom is 0.410 e. The van der Waals surface area contributed by atoms with Crippen molar-refractivity contribution >= 4 is 57.7 Å². The first kappa shape index (κ1) is 58.0. The van der Waals surface area contributed by atoms with E-state index in [4.69, 9.17) is 32.7 Å². The topological polar surface area (TPSA) is 162 Å². The summed E-state index contributed by atoms with van der Waals surface area (Å²) in [6, 6.07) is 18.3. The zero-order valence-corrected chi connectivity index (χ0v) is 44.4. The number of ether oxygens (including phenoxy) is 2. The summed E-state index contributed by atoms with van der Waals surface area (Å²) in [7, 11) is 0. The van der Waals surface area contributed by atoms with E-state index >= 15 is 0 Å². The molecule has 1 saturated heterocycles. The number of rotatable bonds is 8. The van der Waals surface area contributed by atoms with Crippen molar-refractivity contribution in [2.24, 2.45) is 5.84 Å². The number of likely N-dealkylation sites (tertiary alicyclic amines) is 1. The van der Waals surface area contributed by atoms with Gasteiger partial charge in [0.25, 0.3) is 6.04 Å². The number of aromatic nitrogens is 2. The van der Waals surface area contributed by atoms with E-state index < -0.39 is 23.3 Å². The molecule has 0 aliphatic carbocycles. The van der Waals surface area contributed by atoms with Crippen molar-refractivity contribution in [2.75, 3.05) is 30.8 Å². The third-order valence-electron chi connectivity index (χ3n) is 11.2. The average Bonchev–Trinajstić information content (AvgIpc) is 3.62. The van der Waals surface area contributed by atoms with Gasteiger partial charge in [-0.3, -0.25) is 15.5 Å². The third-order valence-corrected chi connectivity index (χ3v) is 12.0. The van der Waals surface area contributed by atoms with Gasteiger partial charge in [0.05, 0.1) is 23.6 Å². The predicted octanol–water partition coefficient (Wildman–Crippen LogP) is 11.4. The number of nitrogens with zero attached hydrogens (tertiary/aromatic N) is 5. The Morgan fingerprint density at radius 2 is 1.16 bits per heavy atom. The molecular formula is C52H76BrClN8O5. The summed E-state index contributed by atoms with van der Waals surface area (Å²) < 4.78 is 13.7. The van der Waals surface area contributed by atoms with Crippen molar-refractivity contribution in [3.05, 3.63) is 115 Å². The van der Waals surface area contributed by atoms with Crippen LogP contribution in [-0.2, 0) is 65.8 Å². The van der Waals surface area contributed by atoms with E-state index in [1.165, 1.54) is 38.3 Å². The third kappa shape index (κ3) is 16.6. The molecule has 0 spiro atoms. The minimum atomic E-state index is -0.721. The molecule has 3 aromatic carbocycles. The second-order valence-electron chi connectivity index (χ2n) is 18.2. The van der Waals surface area contributed by atoms with Gasteiger partial charge >= 0.3 is 12.2 Å². The molecule has 1 fully saturated rings. The Labute approximate surface area is 415 Å². The number of hydrogen-bond acceptors (Lipinski definition) is 9. The molecule has 5 N–H and O–H groups in total. The standard InChI is InChI=1S/C21H28BrN3O2.C11H16N2O3.C10H16N2.C10H15N.ClH/c1-6-14-9-8-10-15(7-2)18(14)25-19(22)16-13-24(12-11-17(16)23-25)20(26)27-21(3,4)5;1-11(2,3)16-10(15)13-6-5-9(14)8(7-13)12-4;1-3-8-6-5-7-9(4-2)10(8)12-11;1-3-8-6-5-7-9(4-2)10(8)11;/h8-10H,6-7,11-13H2,1-5H3;8H,5-7H2,1-3H3;5-7,12H,3-4,11H2,1-2H3;5-7H,3-4,11H2,1-2H3;1H. The summed E-state index contributed by atoms with van der Waals surface area (Å²) in [6.07, 6.45) is 6.25. The van der Waals surface area contributed by atoms with Gasteiger partial charge in [0.1, 0.15) is 22.4 Å². The summed E-state index contributed by atoms with van der Waals surface area (Å²) in [5.41, 5.74) is 20.7. The van der Waals surface area contributed by atoms with Crippen LogP contribution >= 0.6 is 28.3 Å². The van der Waals surface area contributed by atoms with Crippen LogP contribution in [0.15, 0.2) is 59.2 Å². The Hall–Kier alpha value is -5.10. The molecule has 6 rings (SSSR count). The van der Waals surface area contributed by atoms with Crippen LogP contribution in [0.3, 0.4) is 0 Å². The number of hydrogen-bond donors (Lipinski definition) is 3. The molecule has 3 heterocycles. The van der Waals surface area contributed by atoms with Crippen molar-refractivity contribution in [3.63, 3.8) is 0 Å². The van der Waals surface area contributed by atoms with Crippen LogP contribution in [0.5, 0.6) is 0 Å². The van der Waals surface area contributed by atoms with Crippen LogP contribution in [0.4, 0.5) is 21.0 Å². The van der Waals surface area contributed by atoms with Crippen LogP contribution in [-0.4, -0.2) is 74.4 Å². The van der Waals surface area contributed by atoms with Gasteiger partial charge in [-0.05, 0) is 129 Å². The first-order valence-electron chi connectivity index (χ1n) is 23.4. The summed E-state index contributed by atoms with van der Waals surface area (Å²) in [5.74, 6) is 5.36.